The highest BCUT2D eigenvalue weighted by molar-refractivity contribution is 5.97. The van der Waals surface area contributed by atoms with Crippen molar-refractivity contribution in [2.45, 2.75) is 12.5 Å². The lowest BCUT2D eigenvalue weighted by molar-refractivity contribution is 0.0721. The van der Waals surface area contributed by atoms with Crippen LogP contribution in [-0.4, -0.2) is 47.1 Å². The van der Waals surface area contributed by atoms with Gasteiger partial charge >= 0.3 is 0 Å². The second-order valence-corrected chi connectivity index (χ2v) is 4.21. The van der Waals surface area contributed by atoms with Gasteiger partial charge in [-0.1, -0.05) is 0 Å². The van der Waals surface area contributed by atoms with E-state index >= 15 is 0 Å². The minimum atomic E-state index is -1.14. The van der Waals surface area contributed by atoms with Crippen LogP contribution in [0.2, 0.25) is 0 Å². The second kappa shape index (κ2) is 5.70. The van der Waals surface area contributed by atoms with Crippen LogP contribution in [-0.2, 0) is 0 Å². The van der Waals surface area contributed by atoms with Gasteiger partial charge in [0.1, 0.15) is 11.5 Å². The van der Waals surface area contributed by atoms with E-state index < -0.39 is 24.7 Å². The lowest BCUT2D eigenvalue weighted by Gasteiger charge is -2.26. The van der Waals surface area contributed by atoms with Crippen molar-refractivity contribution in [2.75, 3.05) is 20.3 Å². The fraction of sp³-hybridized carbons (Fsp3) is 0.417. The van der Waals surface area contributed by atoms with Crippen molar-refractivity contribution in [3.63, 3.8) is 0 Å². The van der Waals surface area contributed by atoms with Crippen molar-refractivity contribution >= 4 is 5.91 Å². The molecule has 0 radical (unpaired) electrons. The minimum Gasteiger partial charge on any atom is -0.507 e. The normalized spacial score (nSPS) is 11.1. The molecule has 1 amide bonds. The molecule has 1 aromatic rings. The van der Waals surface area contributed by atoms with E-state index in [9.17, 15) is 9.90 Å². The van der Waals surface area contributed by atoms with E-state index in [-0.39, 0.29) is 11.3 Å². The van der Waals surface area contributed by atoms with Crippen molar-refractivity contribution in [2.24, 2.45) is 0 Å². The van der Waals surface area contributed by atoms with Gasteiger partial charge in [-0.05, 0) is 19.1 Å². The summed E-state index contributed by atoms with van der Waals surface area (Å²) in [5.74, 6) is -0.387. The molecule has 1 aromatic carbocycles. The molecule has 0 heterocycles. The van der Waals surface area contributed by atoms with Crippen LogP contribution in [0.25, 0.3) is 0 Å². The van der Waals surface area contributed by atoms with Crippen LogP contribution in [0, 0.1) is 0 Å². The highest BCUT2D eigenvalue weighted by atomic mass is 16.5. The van der Waals surface area contributed by atoms with Crippen molar-refractivity contribution in [1.29, 1.82) is 0 Å². The van der Waals surface area contributed by atoms with Crippen LogP contribution in [0.3, 0.4) is 0 Å². The summed E-state index contributed by atoms with van der Waals surface area (Å²) >= 11 is 0. The Balaban J connectivity index is 2.91. The first kappa shape index (κ1) is 14.3. The number of amides is 1. The summed E-state index contributed by atoms with van der Waals surface area (Å²) in [5.41, 5.74) is -1.09. The number of benzene rings is 1. The summed E-state index contributed by atoms with van der Waals surface area (Å²) in [4.78, 5) is 11.9. The summed E-state index contributed by atoms with van der Waals surface area (Å²) in [6, 6.07) is 4.24. The Morgan fingerprint density at radius 2 is 2.00 bits per heavy atom. The van der Waals surface area contributed by atoms with Gasteiger partial charge in [0.05, 0.1) is 31.4 Å². The maximum atomic E-state index is 11.9. The zero-order valence-electron chi connectivity index (χ0n) is 10.3. The van der Waals surface area contributed by atoms with Gasteiger partial charge in [-0.3, -0.25) is 4.79 Å². The molecular weight excluding hydrogens is 238 g/mol. The number of aliphatic hydroxyl groups is 2. The van der Waals surface area contributed by atoms with E-state index in [0.29, 0.717) is 5.75 Å². The Bertz CT molecular complexity index is 428. The van der Waals surface area contributed by atoms with Gasteiger partial charge in [0.15, 0.2) is 0 Å². The molecule has 0 atom stereocenters. The molecule has 0 saturated heterocycles. The Morgan fingerprint density at radius 3 is 2.44 bits per heavy atom. The fourth-order valence-electron chi connectivity index (χ4n) is 1.30. The third kappa shape index (κ3) is 3.12. The highest BCUT2D eigenvalue weighted by Crippen LogP contribution is 2.23. The van der Waals surface area contributed by atoms with Crippen molar-refractivity contribution in [3.8, 4) is 11.5 Å². The van der Waals surface area contributed by atoms with Crippen LogP contribution in [0.15, 0.2) is 18.2 Å². The number of rotatable bonds is 5. The molecular formula is C12H17NO5. The lowest BCUT2D eigenvalue weighted by atomic mass is 10.0. The molecule has 4 N–H and O–H groups in total. The predicted molar refractivity (Wildman–Crippen MR) is 64.7 cm³/mol. The van der Waals surface area contributed by atoms with Crippen LogP contribution in [0.1, 0.15) is 17.3 Å². The third-order valence-electron chi connectivity index (χ3n) is 2.56. The van der Waals surface area contributed by atoms with Gasteiger partial charge in [0.2, 0.25) is 0 Å². The van der Waals surface area contributed by atoms with Gasteiger partial charge in [-0.2, -0.15) is 0 Å². The molecule has 0 bridgehead atoms. The summed E-state index contributed by atoms with van der Waals surface area (Å²) < 4.78 is 4.90. The molecule has 0 fully saturated rings. The zero-order valence-corrected chi connectivity index (χ0v) is 10.3. The molecule has 0 saturated carbocycles. The molecule has 6 nitrogen and oxygen atoms in total. The minimum absolute atomic E-state index is 0.0453. The number of methoxy groups -OCH3 is 1. The standard InChI is InChI=1S/C12H17NO5/c1-12(6-14,7-15)13-11(17)9-4-3-8(18-2)5-10(9)16/h3-5,14-16H,6-7H2,1-2H3,(H,13,17). The van der Waals surface area contributed by atoms with E-state index in [4.69, 9.17) is 14.9 Å². The molecule has 0 spiro atoms. The van der Waals surface area contributed by atoms with Crippen LogP contribution < -0.4 is 10.1 Å². The largest absolute Gasteiger partial charge is 0.507 e. The number of carbonyl (C=O) groups excluding carboxylic acids is 1. The number of hydrogen-bond donors (Lipinski definition) is 4. The van der Waals surface area contributed by atoms with Gasteiger partial charge in [0.25, 0.3) is 5.91 Å². The summed E-state index contributed by atoms with van der Waals surface area (Å²) in [7, 11) is 1.45. The molecule has 18 heavy (non-hydrogen) atoms. The number of aliphatic hydroxyl groups excluding tert-OH is 2. The van der Waals surface area contributed by atoms with Crippen LogP contribution >= 0.6 is 0 Å². The Kier molecular flexibility index (Phi) is 4.52. The van der Waals surface area contributed by atoms with E-state index in [1.54, 1.807) is 0 Å². The average Bonchev–Trinajstić information content (AvgIpc) is 2.38. The fourth-order valence-corrected chi connectivity index (χ4v) is 1.30. The van der Waals surface area contributed by atoms with Gasteiger partial charge < -0.3 is 25.4 Å². The van der Waals surface area contributed by atoms with Crippen molar-refractivity contribution in [1.82, 2.24) is 5.32 Å². The summed E-state index contributed by atoms with van der Waals surface area (Å²) in [5, 5.41) is 30.3. The molecule has 0 aliphatic heterocycles. The number of aromatic hydroxyl groups is 1. The predicted octanol–water partition coefficient (Wildman–Crippen LogP) is -0.126. The molecule has 0 aromatic heterocycles. The molecule has 100 valence electrons. The number of hydrogen-bond acceptors (Lipinski definition) is 5. The molecule has 0 aliphatic carbocycles. The quantitative estimate of drug-likeness (QED) is 0.587. The van der Waals surface area contributed by atoms with Crippen molar-refractivity contribution in [3.05, 3.63) is 23.8 Å². The summed E-state index contributed by atoms with van der Waals surface area (Å²) in [6.07, 6.45) is 0. The topological polar surface area (TPSA) is 99.0 Å². The van der Waals surface area contributed by atoms with Gasteiger partial charge in [-0.25, -0.2) is 0 Å². The Labute approximate surface area is 105 Å². The Morgan fingerprint density at radius 1 is 1.39 bits per heavy atom. The smallest absolute Gasteiger partial charge is 0.255 e. The monoisotopic (exact) mass is 255 g/mol. The van der Waals surface area contributed by atoms with Gasteiger partial charge in [-0.15, -0.1) is 0 Å². The number of nitrogens with one attached hydrogen (secondary N) is 1. The first-order valence-electron chi connectivity index (χ1n) is 5.37. The summed E-state index contributed by atoms with van der Waals surface area (Å²) in [6.45, 7) is 0.670. The second-order valence-electron chi connectivity index (χ2n) is 4.21. The van der Waals surface area contributed by atoms with Crippen molar-refractivity contribution < 1.29 is 24.9 Å². The maximum Gasteiger partial charge on any atom is 0.255 e. The number of phenolic OH excluding ortho intramolecular Hbond substituents is 1. The van der Waals surface area contributed by atoms with Gasteiger partial charge in [0, 0.05) is 6.07 Å². The Hall–Kier alpha value is -1.79. The first-order chi connectivity index (χ1) is 8.45. The number of phenols is 1. The highest BCUT2D eigenvalue weighted by Gasteiger charge is 2.26. The van der Waals surface area contributed by atoms with Crippen LogP contribution in [0.4, 0.5) is 0 Å². The third-order valence-corrected chi connectivity index (χ3v) is 2.56. The average molecular weight is 255 g/mol. The van der Waals surface area contributed by atoms with E-state index in [2.05, 4.69) is 5.32 Å². The molecule has 1 rings (SSSR count). The van der Waals surface area contributed by atoms with E-state index in [1.165, 1.54) is 32.2 Å². The van der Waals surface area contributed by atoms with E-state index in [1.807, 2.05) is 0 Å². The molecule has 0 aliphatic rings. The van der Waals surface area contributed by atoms with Crippen LogP contribution in [0.5, 0.6) is 11.5 Å². The van der Waals surface area contributed by atoms with E-state index in [0.717, 1.165) is 0 Å². The number of carbonyl (C=O) groups is 1. The molecule has 0 unspecified atom stereocenters. The lowest BCUT2D eigenvalue weighted by Crippen LogP contribution is -2.51. The maximum absolute atomic E-state index is 11.9. The number of ether oxygens (including phenoxy) is 1. The first-order valence-corrected chi connectivity index (χ1v) is 5.37. The SMILES string of the molecule is COc1ccc(C(=O)NC(C)(CO)CO)c(O)c1. The zero-order chi connectivity index (χ0) is 13.8. The molecule has 6 heteroatoms.